The molecule has 2 rings (SSSR count). The Morgan fingerprint density at radius 1 is 1.35 bits per heavy atom. The number of hydrogen-bond donors (Lipinski definition) is 2. The lowest BCUT2D eigenvalue weighted by atomic mass is 9.81. The van der Waals surface area contributed by atoms with Crippen LogP contribution in [0.25, 0.3) is 0 Å². The smallest absolute Gasteiger partial charge is 0.230 e. The van der Waals surface area contributed by atoms with Crippen molar-refractivity contribution in [3.63, 3.8) is 0 Å². The average molecular weight is 281 g/mol. The van der Waals surface area contributed by atoms with E-state index in [1.165, 1.54) is 0 Å². The number of carbonyl (C=O) groups is 2. The number of likely N-dealkylation sites (tertiary alicyclic amines) is 1. The summed E-state index contributed by atoms with van der Waals surface area (Å²) in [6, 6.07) is 0. The molecule has 2 N–H and O–H groups in total. The first kappa shape index (κ1) is 15.3. The number of amides is 2. The summed E-state index contributed by atoms with van der Waals surface area (Å²) in [5.74, 6) is 0.291. The summed E-state index contributed by atoms with van der Waals surface area (Å²) in [5, 5.41) is 6.05. The molecule has 20 heavy (non-hydrogen) atoms. The van der Waals surface area contributed by atoms with Gasteiger partial charge in [-0.15, -0.1) is 0 Å². The predicted octanol–water partition coefficient (Wildman–Crippen LogP) is 0.751. The first-order chi connectivity index (χ1) is 9.47. The Balaban J connectivity index is 2.09. The van der Waals surface area contributed by atoms with Crippen LogP contribution in [0.15, 0.2) is 0 Å². The second-order valence-electron chi connectivity index (χ2n) is 6.57. The van der Waals surface area contributed by atoms with Crippen molar-refractivity contribution in [3.05, 3.63) is 0 Å². The average Bonchev–Trinajstić information content (AvgIpc) is 3.06. The summed E-state index contributed by atoms with van der Waals surface area (Å²) >= 11 is 0. The second kappa shape index (κ2) is 5.72. The molecule has 0 radical (unpaired) electrons. The molecule has 0 aliphatic carbocycles. The number of rotatable bonds is 4. The fourth-order valence-corrected chi connectivity index (χ4v) is 3.68. The van der Waals surface area contributed by atoms with Crippen molar-refractivity contribution in [2.24, 2.45) is 10.8 Å². The Hall–Kier alpha value is -1.10. The molecule has 0 spiro atoms. The van der Waals surface area contributed by atoms with Gasteiger partial charge < -0.3 is 15.5 Å². The van der Waals surface area contributed by atoms with E-state index in [1.807, 2.05) is 11.8 Å². The van der Waals surface area contributed by atoms with Gasteiger partial charge in [-0.25, -0.2) is 0 Å². The number of hydrogen-bond acceptors (Lipinski definition) is 3. The van der Waals surface area contributed by atoms with Gasteiger partial charge in [0.25, 0.3) is 0 Å². The molecule has 2 aliphatic heterocycles. The van der Waals surface area contributed by atoms with Gasteiger partial charge in [0.05, 0.1) is 10.8 Å². The molecular weight excluding hydrogens is 254 g/mol. The van der Waals surface area contributed by atoms with E-state index in [2.05, 4.69) is 17.6 Å². The summed E-state index contributed by atoms with van der Waals surface area (Å²) in [7, 11) is 1.66. The molecule has 2 unspecified atom stereocenters. The zero-order chi connectivity index (χ0) is 14.8. The third-order valence-corrected chi connectivity index (χ3v) is 4.96. The van der Waals surface area contributed by atoms with Gasteiger partial charge in [0.1, 0.15) is 0 Å². The Bertz CT molecular complexity index is 391. The van der Waals surface area contributed by atoms with Crippen molar-refractivity contribution in [1.82, 2.24) is 15.5 Å². The summed E-state index contributed by atoms with van der Waals surface area (Å²) in [6.07, 6.45) is 3.64. The first-order valence-electron chi connectivity index (χ1n) is 7.70. The van der Waals surface area contributed by atoms with Gasteiger partial charge in [-0.05, 0) is 32.7 Å². The van der Waals surface area contributed by atoms with Crippen LogP contribution < -0.4 is 10.6 Å². The Labute approximate surface area is 121 Å². The first-order valence-corrected chi connectivity index (χ1v) is 7.70. The highest BCUT2D eigenvalue weighted by molar-refractivity contribution is 5.87. The largest absolute Gasteiger partial charge is 0.359 e. The molecule has 2 atom stereocenters. The molecule has 0 bridgehead atoms. The maximum absolute atomic E-state index is 12.9. The topological polar surface area (TPSA) is 61.4 Å². The van der Waals surface area contributed by atoms with E-state index < -0.39 is 5.41 Å². The number of carbonyl (C=O) groups excluding carboxylic acids is 2. The van der Waals surface area contributed by atoms with Crippen molar-refractivity contribution in [3.8, 4) is 0 Å². The van der Waals surface area contributed by atoms with Gasteiger partial charge in [-0.2, -0.15) is 0 Å². The second-order valence-corrected chi connectivity index (χ2v) is 6.57. The van der Waals surface area contributed by atoms with Crippen molar-refractivity contribution in [2.45, 2.75) is 39.5 Å². The maximum Gasteiger partial charge on any atom is 0.230 e. The molecule has 5 nitrogen and oxygen atoms in total. The van der Waals surface area contributed by atoms with E-state index in [0.29, 0.717) is 13.1 Å². The quantitative estimate of drug-likeness (QED) is 0.799. The monoisotopic (exact) mass is 281 g/mol. The fraction of sp³-hybridized carbons (Fsp3) is 0.867. The summed E-state index contributed by atoms with van der Waals surface area (Å²) < 4.78 is 0. The van der Waals surface area contributed by atoms with Crippen LogP contribution >= 0.6 is 0 Å². The zero-order valence-corrected chi connectivity index (χ0v) is 12.9. The fourth-order valence-electron chi connectivity index (χ4n) is 3.68. The molecular formula is C15H27N3O2. The minimum Gasteiger partial charge on any atom is -0.359 e. The highest BCUT2D eigenvalue weighted by Crippen LogP contribution is 2.38. The minimum atomic E-state index is -0.427. The van der Waals surface area contributed by atoms with Crippen LogP contribution in [0.1, 0.15) is 39.5 Å². The van der Waals surface area contributed by atoms with E-state index in [9.17, 15) is 9.59 Å². The Morgan fingerprint density at radius 3 is 2.65 bits per heavy atom. The zero-order valence-electron chi connectivity index (χ0n) is 12.9. The lowest BCUT2D eigenvalue weighted by Crippen LogP contribution is -2.46. The van der Waals surface area contributed by atoms with Crippen LogP contribution in [0.2, 0.25) is 0 Å². The van der Waals surface area contributed by atoms with Gasteiger partial charge >= 0.3 is 0 Å². The van der Waals surface area contributed by atoms with E-state index >= 15 is 0 Å². The maximum atomic E-state index is 12.9. The molecule has 0 saturated carbocycles. The third-order valence-electron chi connectivity index (χ3n) is 4.96. The van der Waals surface area contributed by atoms with Crippen LogP contribution in [0.5, 0.6) is 0 Å². The van der Waals surface area contributed by atoms with E-state index in [-0.39, 0.29) is 17.2 Å². The molecule has 0 aromatic rings. The van der Waals surface area contributed by atoms with Gasteiger partial charge in [0.15, 0.2) is 0 Å². The van der Waals surface area contributed by atoms with Crippen LogP contribution in [0.3, 0.4) is 0 Å². The molecule has 0 aromatic heterocycles. The molecule has 5 heteroatoms. The summed E-state index contributed by atoms with van der Waals surface area (Å²) in [4.78, 5) is 26.8. The molecule has 2 aliphatic rings. The van der Waals surface area contributed by atoms with E-state index in [1.54, 1.807) is 7.05 Å². The molecule has 2 heterocycles. The normalized spacial score (nSPS) is 33.5. The highest BCUT2D eigenvalue weighted by Gasteiger charge is 2.48. The minimum absolute atomic E-state index is 0.0434. The molecule has 114 valence electrons. The van der Waals surface area contributed by atoms with Crippen molar-refractivity contribution >= 4 is 11.8 Å². The number of nitrogens with zero attached hydrogens (tertiary/aromatic N) is 1. The van der Waals surface area contributed by atoms with Crippen molar-refractivity contribution < 1.29 is 9.59 Å². The molecule has 0 aromatic carbocycles. The Morgan fingerprint density at radius 2 is 2.10 bits per heavy atom. The predicted molar refractivity (Wildman–Crippen MR) is 78.2 cm³/mol. The van der Waals surface area contributed by atoms with E-state index in [4.69, 9.17) is 0 Å². The van der Waals surface area contributed by atoms with Crippen LogP contribution in [0.4, 0.5) is 0 Å². The van der Waals surface area contributed by atoms with Crippen molar-refractivity contribution in [1.29, 1.82) is 0 Å². The molecule has 2 saturated heterocycles. The van der Waals surface area contributed by atoms with Crippen LogP contribution in [-0.4, -0.2) is 49.9 Å². The number of nitrogens with one attached hydrogen (secondary N) is 2. The third kappa shape index (κ3) is 2.55. The Kier molecular flexibility index (Phi) is 4.37. The van der Waals surface area contributed by atoms with E-state index in [0.717, 1.165) is 38.8 Å². The van der Waals surface area contributed by atoms with Gasteiger partial charge in [0.2, 0.25) is 11.8 Å². The van der Waals surface area contributed by atoms with Crippen LogP contribution in [0, 0.1) is 10.8 Å². The standard InChI is InChI=1S/C15H27N3O2/c1-4-5-15(6-8-17-10-15)13(20)18-9-7-14(2,11-18)12(19)16-3/h17H,4-11H2,1-3H3,(H,16,19). The lowest BCUT2D eigenvalue weighted by molar-refractivity contribution is -0.141. The lowest BCUT2D eigenvalue weighted by Gasteiger charge is -2.32. The highest BCUT2D eigenvalue weighted by atomic mass is 16.2. The van der Waals surface area contributed by atoms with Gasteiger partial charge in [-0.3, -0.25) is 9.59 Å². The molecule has 2 amide bonds. The van der Waals surface area contributed by atoms with Crippen molar-refractivity contribution in [2.75, 3.05) is 33.2 Å². The van der Waals surface area contributed by atoms with Crippen LogP contribution in [-0.2, 0) is 9.59 Å². The summed E-state index contributed by atoms with van der Waals surface area (Å²) in [6.45, 7) is 7.05. The van der Waals surface area contributed by atoms with Gasteiger partial charge in [0, 0.05) is 26.7 Å². The van der Waals surface area contributed by atoms with Gasteiger partial charge in [-0.1, -0.05) is 13.3 Å². The summed E-state index contributed by atoms with van der Waals surface area (Å²) in [5.41, 5.74) is -0.660. The molecule has 2 fully saturated rings. The SMILES string of the molecule is CCCC1(C(=O)N2CCC(C)(C(=O)NC)C2)CCNC1.